The summed E-state index contributed by atoms with van der Waals surface area (Å²) in [7, 11) is 0. The Morgan fingerprint density at radius 2 is 1.53 bits per heavy atom. The van der Waals surface area contributed by atoms with Crippen molar-refractivity contribution >= 4 is 23.7 Å². The van der Waals surface area contributed by atoms with Crippen molar-refractivity contribution in [2.45, 2.75) is 51.4 Å². The van der Waals surface area contributed by atoms with Crippen molar-refractivity contribution in [3.8, 4) is 0 Å². The van der Waals surface area contributed by atoms with Crippen molar-refractivity contribution in [2.75, 3.05) is 6.61 Å². The molecule has 0 radical (unpaired) electrons. The van der Waals surface area contributed by atoms with Gasteiger partial charge in [0.2, 0.25) is 17.7 Å². The van der Waals surface area contributed by atoms with Gasteiger partial charge in [0.25, 0.3) is 0 Å². The lowest BCUT2D eigenvalue weighted by Gasteiger charge is -2.24. The molecule has 1 rings (SSSR count). The van der Waals surface area contributed by atoms with Gasteiger partial charge >= 0.3 is 5.97 Å². The molecular weight excluding hydrogens is 392 g/mol. The molecule has 0 aliphatic carbocycles. The number of rotatable bonds is 11. The van der Waals surface area contributed by atoms with E-state index in [-0.39, 0.29) is 12.3 Å². The zero-order valence-corrected chi connectivity index (χ0v) is 17.3. The summed E-state index contributed by atoms with van der Waals surface area (Å²) in [6, 6.07) is 4.52. The highest BCUT2D eigenvalue weighted by molar-refractivity contribution is 5.94. The molecule has 4 atom stereocenters. The van der Waals surface area contributed by atoms with Gasteiger partial charge in [-0.05, 0) is 18.4 Å². The molecule has 0 spiro atoms. The Morgan fingerprint density at radius 1 is 0.933 bits per heavy atom. The number of benzene rings is 1. The Morgan fingerprint density at radius 3 is 2.03 bits per heavy atom. The van der Waals surface area contributed by atoms with Gasteiger partial charge < -0.3 is 31.9 Å². The average Bonchev–Trinajstić information content (AvgIpc) is 2.70. The maximum Gasteiger partial charge on any atom is 0.326 e. The topological polar surface area (TPSA) is 171 Å². The first-order valence-electron chi connectivity index (χ1n) is 9.61. The second-order valence-electron chi connectivity index (χ2n) is 7.34. The van der Waals surface area contributed by atoms with Gasteiger partial charge in [-0.1, -0.05) is 44.2 Å². The van der Waals surface area contributed by atoms with Crippen LogP contribution in [0.15, 0.2) is 30.3 Å². The smallest absolute Gasteiger partial charge is 0.326 e. The molecule has 0 aliphatic rings. The minimum Gasteiger partial charge on any atom is -0.480 e. The molecule has 0 fully saturated rings. The standard InChI is InChI=1S/C20H30N4O6/c1-11(2)16(20(29)30)24-17(26)12(3)22-19(28)15(23-18(27)14(21)10-25)9-13-7-5-4-6-8-13/h4-8,11-12,14-16,25H,9-10,21H2,1-3H3,(H,22,28)(H,23,27)(H,24,26)(H,29,30). The number of aliphatic hydroxyl groups excluding tert-OH is 1. The highest BCUT2D eigenvalue weighted by atomic mass is 16.4. The van der Waals surface area contributed by atoms with Gasteiger partial charge in [-0.25, -0.2) is 4.79 Å². The number of aliphatic hydroxyl groups is 1. The molecule has 10 heteroatoms. The summed E-state index contributed by atoms with van der Waals surface area (Å²) < 4.78 is 0. The number of carbonyl (C=O) groups excluding carboxylic acids is 3. The second-order valence-corrected chi connectivity index (χ2v) is 7.34. The number of carboxylic acids is 1. The zero-order valence-electron chi connectivity index (χ0n) is 17.3. The first-order chi connectivity index (χ1) is 14.1. The Kier molecular flexibility index (Phi) is 9.93. The molecule has 0 aromatic heterocycles. The molecule has 0 heterocycles. The van der Waals surface area contributed by atoms with Crippen molar-refractivity contribution in [3.05, 3.63) is 35.9 Å². The minimum atomic E-state index is -1.20. The van der Waals surface area contributed by atoms with Crippen LogP contribution in [0.2, 0.25) is 0 Å². The van der Waals surface area contributed by atoms with Crippen LogP contribution in [0.4, 0.5) is 0 Å². The van der Waals surface area contributed by atoms with E-state index in [9.17, 15) is 24.3 Å². The molecule has 30 heavy (non-hydrogen) atoms. The SMILES string of the molecule is CC(NC(=O)C(Cc1ccccc1)NC(=O)C(N)CO)C(=O)NC(C(=O)O)C(C)C. The lowest BCUT2D eigenvalue weighted by Crippen LogP contribution is -2.57. The fourth-order valence-corrected chi connectivity index (χ4v) is 2.59. The van der Waals surface area contributed by atoms with E-state index < -0.39 is 54.5 Å². The van der Waals surface area contributed by atoms with E-state index in [0.717, 1.165) is 5.56 Å². The predicted molar refractivity (Wildman–Crippen MR) is 109 cm³/mol. The van der Waals surface area contributed by atoms with Crippen LogP contribution in [0.5, 0.6) is 0 Å². The summed E-state index contributed by atoms with van der Waals surface area (Å²) in [4.78, 5) is 48.4. The highest BCUT2D eigenvalue weighted by Gasteiger charge is 2.29. The monoisotopic (exact) mass is 422 g/mol. The number of aliphatic carboxylic acids is 1. The fourth-order valence-electron chi connectivity index (χ4n) is 2.59. The maximum atomic E-state index is 12.7. The summed E-state index contributed by atoms with van der Waals surface area (Å²) in [6.07, 6.45) is 0.134. The number of carbonyl (C=O) groups is 4. The molecule has 1 aromatic rings. The summed E-state index contributed by atoms with van der Waals surface area (Å²) in [5, 5.41) is 25.6. The summed E-state index contributed by atoms with van der Waals surface area (Å²) in [6.45, 7) is 4.12. The summed E-state index contributed by atoms with van der Waals surface area (Å²) >= 11 is 0. The third kappa shape index (κ3) is 7.80. The van der Waals surface area contributed by atoms with Crippen LogP contribution in [0.3, 0.4) is 0 Å². The van der Waals surface area contributed by atoms with Crippen LogP contribution in [0.25, 0.3) is 0 Å². The molecule has 0 aliphatic heterocycles. The van der Waals surface area contributed by atoms with Crippen molar-refractivity contribution in [2.24, 2.45) is 11.7 Å². The second kappa shape index (κ2) is 11.9. The average molecular weight is 422 g/mol. The van der Waals surface area contributed by atoms with Gasteiger partial charge in [-0.15, -0.1) is 0 Å². The van der Waals surface area contributed by atoms with Crippen LogP contribution >= 0.6 is 0 Å². The number of hydrogen-bond acceptors (Lipinski definition) is 6. The number of nitrogens with one attached hydrogen (secondary N) is 3. The van der Waals surface area contributed by atoms with Crippen molar-refractivity contribution < 1.29 is 29.4 Å². The largest absolute Gasteiger partial charge is 0.480 e. The Labute approximate surface area is 175 Å². The van der Waals surface area contributed by atoms with E-state index in [4.69, 9.17) is 10.8 Å². The fraction of sp³-hybridized carbons (Fsp3) is 0.500. The minimum absolute atomic E-state index is 0.134. The zero-order chi connectivity index (χ0) is 22.8. The number of carboxylic acid groups (broad SMARTS) is 1. The van der Waals surface area contributed by atoms with Crippen molar-refractivity contribution in [1.29, 1.82) is 0 Å². The maximum absolute atomic E-state index is 12.7. The van der Waals surface area contributed by atoms with E-state index in [1.54, 1.807) is 44.2 Å². The van der Waals surface area contributed by atoms with E-state index in [1.807, 2.05) is 0 Å². The summed E-state index contributed by atoms with van der Waals surface area (Å²) in [5.41, 5.74) is 6.27. The normalized spacial score (nSPS) is 14.9. The van der Waals surface area contributed by atoms with Crippen LogP contribution < -0.4 is 21.7 Å². The Hall–Kier alpha value is -2.98. The van der Waals surface area contributed by atoms with Gasteiger partial charge in [-0.3, -0.25) is 14.4 Å². The van der Waals surface area contributed by atoms with Crippen LogP contribution in [0, 0.1) is 5.92 Å². The molecule has 3 amide bonds. The predicted octanol–water partition coefficient (Wildman–Crippen LogP) is -1.24. The molecule has 4 unspecified atom stereocenters. The Bertz CT molecular complexity index is 740. The molecule has 0 saturated carbocycles. The lowest BCUT2D eigenvalue weighted by atomic mass is 10.0. The lowest BCUT2D eigenvalue weighted by molar-refractivity contribution is -0.143. The molecule has 0 bridgehead atoms. The van der Waals surface area contributed by atoms with Crippen molar-refractivity contribution in [3.63, 3.8) is 0 Å². The van der Waals surface area contributed by atoms with Crippen LogP contribution in [-0.2, 0) is 25.6 Å². The van der Waals surface area contributed by atoms with Gasteiger partial charge in [0.05, 0.1) is 6.61 Å². The van der Waals surface area contributed by atoms with Gasteiger partial charge in [0.1, 0.15) is 24.2 Å². The van der Waals surface area contributed by atoms with E-state index in [1.165, 1.54) is 6.92 Å². The van der Waals surface area contributed by atoms with Gasteiger partial charge in [0, 0.05) is 6.42 Å². The van der Waals surface area contributed by atoms with Gasteiger partial charge in [0.15, 0.2) is 0 Å². The number of amides is 3. The molecule has 0 saturated heterocycles. The molecule has 7 N–H and O–H groups in total. The van der Waals surface area contributed by atoms with Crippen LogP contribution in [0.1, 0.15) is 26.3 Å². The van der Waals surface area contributed by atoms with Crippen LogP contribution in [-0.4, -0.2) is 64.7 Å². The number of hydrogen-bond donors (Lipinski definition) is 6. The molecule has 10 nitrogen and oxygen atoms in total. The van der Waals surface area contributed by atoms with E-state index >= 15 is 0 Å². The first kappa shape index (κ1) is 25.1. The van der Waals surface area contributed by atoms with E-state index in [0.29, 0.717) is 0 Å². The van der Waals surface area contributed by atoms with E-state index in [2.05, 4.69) is 16.0 Å². The summed E-state index contributed by atoms with van der Waals surface area (Å²) in [5.74, 6) is -3.54. The molecule has 1 aromatic carbocycles. The first-order valence-corrected chi connectivity index (χ1v) is 9.61. The third-order valence-corrected chi connectivity index (χ3v) is 4.43. The quantitative estimate of drug-likeness (QED) is 0.259. The van der Waals surface area contributed by atoms with Crippen molar-refractivity contribution in [1.82, 2.24) is 16.0 Å². The molecule has 166 valence electrons. The Balaban J connectivity index is 2.87. The number of nitrogens with two attached hydrogens (primary N) is 1. The van der Waals surface area contributed by atoms with Gasteiger partial charge in [-0.2, -0.15) is 0 Å². The third-order valence-electron chi connectivity index (χ3n) is 4.43. The molecular formula is C20H30N4O6. The highest BCUT2D eigenvalue weighted by Crippen LogP contribution is 2.05.